The monoisotopic (exact) mass is 598 g/mol. The summed E-state index contributed by atoms with van der Waals surface area (Å²) < 4.78 is 5.43. The van der Waals surface area contributed by atoms with Crippen molar-refractivity contribution in [3.05, 3.63) is 0 Å². The Hall–Kier alpha value is -0.0600. The van der Waals surface area contributed by atoms with E-state index in [-0.39, 0.29) is 48.9 Å². The van der Waals surface area contributed by atoms with E-state index in [0.29, 0.717) is 10.8 Å². The summed E-state index contributed by atoms with van der Waals surface area (Å²) in [5.41, 5.74) is 0.698. The van der Waals surface area contributed by atoms with Gasteiger partial charge in [0, 0.05) is 75.3 Å². The Bertz CT molecular complexity index is 742. The van der Waals surface area contributed by atoms with E-state index >= 15 is 0 Å². The van der Waals surface area contributed by atoms with Crippen molar-refractivity contribution in [3.8, 4) is 0 Å². The summed E-state index contributed by atoms with van der Waals surface area (Å²) in [5, 5.41) is 3.40. The van der Waals surface area contributed by atoms with Crippen molar-refractivity contribution in [2.75, 3.05) is 92.6 Å². The number of halogens is 3. The summed E-state index contributed by atoms with van der Waals surface area (Å²) in [6.45, 7) is 20.2. The van der Waals surface area contributed by atoms with Crippen LogP contribution in [0.15, 0.2) is 0 Å². The Morgan fingerprint density at radius 1 is 0.711 bits per heavy atom. The van der Waals surface area contributed by atoms with Gasteiger partial charge in [0.15, 0.2) is 0 Å². The first-order valence-electron chi connectivity index (χ1n) is 14.1. The first-order chi connectivity index (χ1) is 16.5. The fourth-order valence-electron chi connectivity index (χ4n) is 6.99. The third-order valence-electron chi connectivity index (χ3n) is 9.27. The van der Waals surface area contributed by atoms with Crippen LogP contribution in [0.1, 0.15) is 46.5 Å². The van der Waals surface area contributed by atoms with E-state index in [1.165, 1.54) is 91.1 Å². The van der Waals surface area contributed by atoms with Gasteiger partial charge in [-0.05, 0) is 86.7 Å². The predicted octanol–water partition coefficient (Wildman–Crippen LogP) is 2.88. The SMILES string of the molecule is CN1CCC(N2CC3(CN(C(=O)OC(C)(C)C)C3)C2)CC1.CN1CCC(N2CC3(CNC3)C2)CC1.Cl.Cl.Cl. The average molecular weight is 600 g/mol. The summed E-state index contributed by atoms with van der Waals surface area (Å²) in [6.07, 6.45) is 5.22. The molecule has 0 saturated carbocycles. The molecule has 6 fully saturated rings. The van der Waals surface area contributed by atoms with E-state index in [0.717, 1.165) is 25.2 Å². The smallest absolute Gasteiger partial charge is 0.410 e. The van der Waals surface area contributed by atoms with Gasteiger partial charge in [0.25, 0.3) is 0 Å². The molecule has 0 aromatic carbocycles. The fourth-order valence-corrected chi connectivity index (χ4v) is 6.99. The quantitative estimate of drug-likeness (QED) is 0.524. The Labute approximate surface area is 249 Å². The van der Waals surface area contributed by atoms with E-state index in [9.17, 15) is 4.79 Å². The van der Waals surface area contributed by atoms with Gasteiger partial charge < -0.3 is 24.8 Å². The third-order valence-corrected chi connectivity index (χ3v) is 9.27. The van der Waals surface area contributed by atoms with Gasteiger partial charge in [-0.15, -0.1) is 37.2 Å². The van der Waals surface area contributed by atoms with Gasteiger partial charge in [-0.2, -0.15) is 0 Å². The standard InChI is InChI=1S/C16H29N3O2.C11H21N3.3ClH/c1-15(2,3)21-14(20)19-11-16(12-19)9-18(10-16)13-5-7-17(4)8-6-13;1-13-4-2-10(3-5-13)14-8-11(9-14)6-12-7-11;;;/h13H,5-12H2,1-4H3;10,12H,2-9H2,1H3;3*1H. The maximum absolute atomic E-state index is 12.0. The summed E-state index contributed by atoms with van der Waals surface area (Å²) in [5.74, 6) is 0. The molecule has 0 bridgehead atoms. The molecule has 6 heterocycles. The number of rotatable bonds is 2. The second kappa shape index (κ2) is 13.3. The van der Waals surface area contributed by atoms with E-state index in [4.69, 9.17) is 4.74 Å². The lowest BCUT2D eigenvalue weighted by Crippen LogP contribution is -2.74. The van der Waals surface area contributed by atoms with Crippen LogP contribution < -0.4 is 5.32 Å². The van der Waals surface area contributed by atoms with Gasteiger partial charge in [-0.1, -0.05) is 0 Å². The molecule has 8 nitrogen and oxygen atoms in total. The number of carbonyl (C=O) groups excluding carboxylic acids is 1. The van der Waals surface area contributed by atoms with E-state index < -0.39 is 0 Å². The van der Waals surface area contributed by atoms with E-state index in [2.05, 4.69) is 39.0 Å². The highest BCUT2D eigenvalue weighted by molar-refractivity contribution is 5.86. The number of hydrogen-bond acceptors (Lipinski definition) is 7. The molecule has 1 N–H and O–H groups in total. The Balaban J connectivity index is 0.000000263. The molecule has 6 aliphatic rings. The third kappa shape index (κ3) is 7.81. The zero-order chi connectivity index (χ0) is 24.8. The largest absolute Gasteiger partial charge is 0.444 e. The molecular formula is C27H53Cl3N6O2. The van der Waals surface area contributed by atoms with Crippen LogP contribution >= 0.6 is 37.2 Å². The number of amides is 1. The Kier molecular flexibility index (Phi) is 11.9. The lowest BCUT2D eigenvalue weighted by atomic mass is 9.72. The number of nitrogens with zero attached hydrogens (tertiary/aromatic N) is 5. The zero-order valence-corrected chi connectivity index (χ0v) is 26.7. The van der Waals surface area contributed by atoms with Gasteiger partial charge in [0.05, 0.1) is 0 Å². The van der Waals surface area contributed by atoms with Crippen LogP contribution in [0.25, 0.3) is 0 Å². The second-order valence-electron chi connectivity index (χ2n) is 13.8. The molecular weight excluding hydrogens is 547 g/mol. The maximum Gasteiger partial charge on any atom is 0.410 e. The highest BCUT2D eigenvalue weighted by Crippen LogP contribution is 2.42. The number of piperidine rings is 2. The molecule has 0 unspecified atom stereocenters. The normalized spacial score (nSPS) is 27.7. The van der Waals surface area contributed by atoms with Gasteiger partial charge in [0.2, 0.25) is 0 Å². The van der Waals surface area contributed by atoms with Gasteiger partial charge in [-0.3, -0.25) is 9.80 Å². The summed E-state index contributed by atoms with van der Waals surface area (Å²) in [7, 11) is 4.45. The number of carbonyl (C=O) groups is 1. The average Bonchev–Trinajstić information content (AvgIpc) is 2.65. The van der Waals surface area contributed by atoms with Crippen molar-refractivity contribution < 1.29 is 9.53 Å². The molecule has 6 saturated heterocycles. The Morgan fingerprint density at radius 2 is 1.11 bits per heavy atom. The molecule has 0 atom stereocenters. The van der Waals surface area contributed by atoms with Crippen LogP contribution in [-0.4, -0.2) is 141 Å². The minimum atomic E-state index is -0.389. The lowest BCUT2D eigenvalue weighted by Gasteiger charge is -2.62. The summed E-state index contributed by atoms with van der Waals surface area (Å²) >= 11 is 0. The van der Waals surface area contributed by atoms with E-state index in [1.807, 2.05) is 25.7 Å². The topological polar surface area (TPSA) is 54.5 Å². The maximum atomic E-state index is 12.0. The van der Waals surface area contributed by atoms with Crippen molar-refractivity contribution in [1.29, 1.82) is 0 Å². The number of ether oxygens (including phenoxy) is 1. The highest BCUT2D eigenvalue weighted by atomic mass is 35.5. The van der Waals surface area contributed by atoms with Crippen molar-refractivity contribution in [1.82, 2.24) is 29.8 Å². The molecule has 2 spiro atoms. The van der Waals surface area contributed by atoms with Crippen LogP contribution in [0.3, 0.4) is 0 Å². The second-order valence-corrected chi connectivity index (χ2v) is 13.8. The molecule has 6 aliphatic heterocycles. The molecule has 0 aromatic rings. The molecule has 38 heavy (non-hydrogen) atoms. The van der Waals surface area contributed by atoms with Crippen molar-refractivity contribution >= 4 is 43.3 Å². The Morgan fingerprint density at radius 3 is 1.45 bits per heavy atom. The first-order valence-corrected chi connectivity index (χ1v) is 14.1. The van der Waals surface area contributed by atoms with Crippen LogP contribution in [-0.2, 0) is 4.74 Å². The molecule has 6 rings (SSSR count). The lowest BCUT2D eigenvalue weighted by molar-refractivity contribution is -0.131. The molecule has 0 aromatic heterocycles. The summed E-state index contributed by atoms with van der Waals surface area (Å²) in [6, 6.07) is 1.67. The fraction of sp³-hybridized carbons (Fsp3) is 0.963. The highest BCUT2D eigenvalue weighted by Gasteiger charge is 2.55. The molecule has 11 heteroatoms. The van der Waals surface area contributed by atoms with Crippen LogP contribution in [0.2, 0.25) is 0 Å². The molecule has 224 valence electrons. The molecule has 1 amide bonds. The van der Waals surface area contributed by atoms with Crippen molar-refractivity contribution in [2.45, 2.75) is 64.1 Å². The first kappa shape index (κ1) is 34.1. The number of likely N-dealkylation sites (tertiary alicyclic amines) is 5. The minimum Gasteiger partial charge on any atom is -0.444 e. The van der Waals surface area contributed by atoms with Crippen LogP contribution in [0, 0.1) is 10.8 Å². The molecule has 0 aliphatic carbocycles. The predicted molar refractivity (Wildman–Crippen MR) is 161 cm³/mol. The summed E-state index contributed by atoms with van der Waals surface area (Å²) in [4.78, 5) is 24.0. The van der Waals surface area contributed by atoms with Gasteiger partial charge in [0.1, 0.15) is 5.60 Å². The van der Waals surface area contributed by atoms with Crippen LogP contribution in [0.5, 0.6) is 0 Å². The van der Waals surface area contributed by atoms with E-state index in [1.54, 1.807) is 0 Å². The minimum absolute atomic E-state index is 0. The van der Waals surface area contributed by atoms with Crippen molar-refractivity contribution in [2.24, 2.45) is 10.8 Å². The number of hydrogen-bond donors (Lipinski definition) is 1. The van der Waals surface area contributed by atoms with Crippen molar-refractivity contribution in [3.63, 3.8) is 0 Å². The molecule has 0 radical (unpaired) electrons. The zero-order valence-electron chi connectivity index (χ0n) is 24.2. The van der Waals surface area contributed by atoms with Crippen LogP contribution in [0.4, 0.5) is 4.79 Å². The number of nitrogens with one attached hydrogen (secondary N) is 1. The van der Waals surface area contributed by atoms with Gasteiger partial charge in [-0.25, -0.2) is 4.79 Å². The van der Waals surface area contributed by atoms with Gasteiger partial charge >= 0.3 is 6.09 Å².